The predicted octanol–water partition coefficient (Wildman–Crippen LogP) is 4.80. The van der Waals surface area contributed by atoms with Crippen molar-refractivity contribution in [2.45, 2.75) is 78.6 Å². The average molecular weight is 316 g/mol. The zero-order valence-corrected chi connectivity index (χ0v) is 15.1. The molecule has 2 nitrogen and oxygen atoms in total. The van der Waals surface area contributed by atoms with E-state index in [9.17, 15) is 9.59 Å². The van der Waals surface area contributed by atoms with Crippen LogP contribution >= 0.6 is 0 Å². The largest absolute Gasteiger partial charge is 0.303 e. The summed E-state index contributed by atoms with van der Waals surface area (Å²) in [4.78, 5) is 24.0. The van der Waals surface area contributed by atoms with Gasteiger partial charge in [0, 0.05) is 17.3 Å². The molecule has 4 aliphatic rings. The van der Waals surface area contributed by atoms with Crippen LogP contribution in [0.25, 0.3) is 0 Å². The number of hydrogen-bond donors (Lipinski definition) is 0. The van der Waals surface area contributed by atoms with Crippen LogP contribution in [-0.2, 0) is 9.59 Å². The molecule has 4 unspecified atom stereocenters. The minimum Gasteiger partial charge on any atom is -0.303 e. The fraction of sp³-hybridized carbons (Fsp3) is 0.905. The maximum atomic E-state index is 12.5. The van der Waals surface area contributed by atoms with Crippen molar-refractivity contribution in [3.8, 4) is 0 Å². The van der Waals surface area contributed by atoms with E-state index in [1.165, 1.54) is 32.0 Å². The summed E-state index contributed by atoms with van der Waals surface area (Å²) in [5.74, 6) is 3.47. The molecule has 23 heavy (non-hydrogen) atoms. The van der Waals surface area contributed by atoms with Crippen LogP contribution in [0.15, 0.2) is 0 Å². The Morgan fingerprint density at radius 2 is 1.74 bits per heavy atom. The van der Waals surface area contributed by atoms with Crippen LogP contribution in [0.3, 0.4) is 0 Å². The lowest BCUT2D eigenvalue weighted by Gasteiger charge is -2.61. The van der Waals surface area contributed by atoms with Gasteiger partial charge in [-0.1, -0.05) is 20.8 Å². The summed E-state index contributed by atoms with van der Waals surface area (Å²) in [6.07, 6.45) is 11.5. The predicted molar refractivity (Wildman–Crippen MR) is 90.9 cm³/mol. The second kappa shape index (κ2) is 4.92. The van der Waals surface area contributed by atoms with E-state index in [0.717, 1.165) is 43.9 Å². The first-order valence-electron chi connectivity index (χ1n) is 9.82. The van der Waals surface area contributed by atoms with E-state index < -0.39 is 0 Å². The highest BCUT2D eigenvalue weighted by molar-refractivity contribution is 5.87. The molecular weight excluding hydrogens is 284 g/mol. The van der Waals surface area contributed by atoms with Crippen LogP contribution < -0.4 is 0 Å². The van der Waals surface area contributed by atoms with Gasteiger partial charge in [0.1, 0.15) is 12.1 Å². The molecule has 0 aromatic rings. The smallest absolute Gasteiger partial charge is 0.139 e. The average Bonchev–Trinajstić information content (AvgIpc) is 2.84. The SMILES string of the molecule is C[C@@]1(C=O)CC[C@@]2(C)C(CCC3C2CC[C@]2(C)C(=O)CCC32)C1. The highest BCUT2D eigenvalue weighted by atomic mass is 16.1. The number of rotatable bonds is 1. The summed E-state index contributed by atoms with van der Waals surface area (Å²) < 4.78 is 0. The van der Waals surface area contributed by atoms with E-state index in [4.69, 9.17) is 0 Å². The summed E-state index contributed by atoms with van der Waals surface area (Å²) in [5, 5.41) is 0. The first kappa shape index (κ1) is 15.8. The second-order valence-electron chi connectivity index (χ2n) is 10.1. The minimum atomic E-state index is -0.0798. The molecule has 0 aromatic heterocycles. The van der Waals surface area contributed by atoms with E-state index in [1.54, 1.807) is 0 Å². The van der Waals surface area contributed by atoms with E-state index in [-0.39, 0.29) is 10.8 Å². The molecule has 0 aliphatic heterocycles. The minimum absolute atomic E-state index is 0.00363. The lowest BCUT2D eigenvalue weighted by Crippen LogP contribution is -2.54. The Bertz CT molecular complexity index is 540. The number of aldehydes is 1. The first-order chi connectivity index (χ1) is 10.8. The fourth-order valence-electron chi connectivity index (χ4n) is 7.36. The molecule has 0 N–H and O–H groups in total. The van der Waals surface area contributed by atoms with Gasteiger partial charge in [0.15, 0.2) is 0 Å². The summed E-state index contributed by atoms with van der Waals surface area (Å²) in [6.45, 7) is 6.96. The van der Waals surface area contributed by atoms with Gasteiger partial charge >= 0.3 is 0 Å². The van der Waals surface area contributed by atoms with Gasteiger partial charge in [-0.3, -0.25) is 4.79 Å². The van der Waals surface area contributed by atoms with Crippen LogP contribution in [0.2, 0.25) is 0 Å². The molecule has 7 atom stereocenters. The Balaban J connectivity index is 1.62. The van der Waals surface area contributed by atoms with Crippen molar-refractivity contribution in [2.24, 2.45) is 39.9 Å². The molecule has 0 amide bonds. The van der Waals surface area contributed by atoms with Crippen LogP contribution in [-0.4, -0.2) is 12.1 Å². The molecule has 0 heterocycles. The molecule has 4 aliphatic carbocycles. The Hall–Kier alpha value is -0.660. The van der Waals surface area contributed by atoms with Crippen LogP contribution in [0.4, 0.5) is 0 Å². The van der Waals surface area contributed by atoms with Gasteiger partial charge in [-0.25, -0.2) is 0 Å². The van der Waals surface area contributed by atoms with E-state index in [1.807, 2.05) is 0 Å². The van der Waals surface area contributed by atoms with E-state index in [0.29, 0.717) is 23.0 Å². The zero-order valence-electron chi connectivity index (χ0n) is 15.1. The molecule has 0 spiro atoms. The highest BCUT2D eigenvalue weighted by Crippen LogP contribution is 2.66. The number of Topliss-reactive ketones (excluding diaryl/α,β-unsaturated/α-hetero) is 1. The number of carbonyl (C=O) groups is 2. The molecule has 4 rings (SSSR count). The Labute approximate surface area is 140 Å². The van der Waals surface area contributed by atoms with E-state index >= 15 is 0 Å². The molecule has 4 saturated carbocycles. The van der Waals surface area contributed by atoms with Crippen molar-refractivity contribution >= 4 is 12.1 Å². The summed E-state index contributed by atoms with van der Waals surface area (Å²) in [5.41, 5.74) is 0.332. The number of fused-ring (bicyclic) bond motifs is 5. The number of carbonyl (C=O) groups excluding carboxylic acids is 2. The second-order valence-corrected chi connectivity index (χ2v) is 10.1. The molecule has 0 radical (unpaired) electrons. The topological polar surface area (TPSA) is 34.1 Å². The Kier molecular flexibility index (Phi) is 3.39. The van der Waals surface area contributed by atoms with Gasteiger partial charge < -0.3 is 4.79 Å². The number of hydrogen-bond acceptors (Lipinski definition) is 2. The van der Waals surface area contributed by atoms with Gasteiger partial charge in [0.05, 0.1) is 0 Å². The van der Waals surface area contributed by atoms with Crippen LogP contribution in [0, 0.1) is 39.9 Å². The third-order valence-electron chi connectivity index (χ3n) is 9.01. The van der Waals surface area contributed by atoms with Gasteiger partial charge in [-0.2, -0.15) is 0 Å². The van der Waals surface area contributed by atoms with Crippen molar-refractivity contribution in [1.82, 2.24) is 0 Å². The fourth-order valence-corrected chi connectivity index (χ4v) is 7.36. The molecule has 0 bridgehead atoms. The van der Waals surface area contributed by atoms with Crippen molar-refractivity contribution in [3.63, 3.8) is 0 Å². The van der Waals surface area contributed by atoms with Crippen molar-refractivity contribution in [1.29, 1.82) is 0 Å². The number of ketones is 1. The standard InChI is InChI=1S/C21H32O2/c1-19(13-22)10-11-20(2)14(12-19)4-5-15-16-6-7-18(23)21(16,3)9-8-17(15)20/h13-17H,4-12H2,1-3H3/t14?,15?,16?,17?,19-,20+,21+/m1/s1. The third kappa shape index (κ3) is 2.05. The van der Waals surface area contributed by atoms with Gasteiger partial charge in [-0.15, -0.1) is 0 Å². The Morgan fingerprint density at radius 1 is 0.957 bits per heavy atom. The van der Waals surface area contributed by atoms with E-state index in [2.05, 4.69) is 20.8 Å². The van der Waals surface area contributed by atoms with Crippen molar-refractivity contribution in [3.05, 3.63) is 0 Å². The van der Waals surface area contributed by atoms with Gasteiger partial charge in [-0.05, 0) is 80.5 Å². The van der Waals surface area contributed by atoms with Gasteiger partial charge in [0.25, 0.3) is 0 Å². The summed E-state index contributed by atoms with van der Waals surface area (Å²) in [6, 6.07) is 0. The Morgan fingerprint density at radius 3 is 2.48 bits per heavy atom. The van der Waals surface area contributed by atoms with Crippen LogP contribution in [0.5, 0.6) is 0 Å². The first-order valence-corrected chi connectivity index (χ1v) is 9.82. The third-order valence-corrected chi connectivity index (χ3v) is 9.01. The maximum absolute atomic E-state index is 12.5. The van der Waals surface area contributed by atoms with Crippen molar-refractivity contribution in [2.75, 3.05) is 0 Å². The zero-order chi connectivity index (χ0) is 16.5. The van der Waals surface area contributed by atoms with Gasteiger partial charge in [0.2, 0.25) is 0 Å². The molecule has 4 fully saturated rings. The molecule has 128 valence electrons. The monoisotopic (exact) mass is 316 g/mol. The molecule has 0 saturated heterocycles. The van der Waals surface area contributed by atoms with Crippen molar-refractivity contribution < 1.29 is 9.59 Å². The highest BCUT2D eigenvalue weighted by Gasteiger charge is 2.60. The maximum Gasteiger partial charge on any atom is 0.139 e. The lowest BCUT2D eigenvalue weighted by molar-refractivity contribution is -0.146. The van der Waals surface area contributed by atoms with Crippen LogP contribution in [0.1, 0.15) is 78.6 Å². The quantitative estimate of drug-likeness (QED) is 0.651. The summed E-state index contributed by atoms with van der Waals surface area (Å²) in [7, 11) is 0. The molecule has 0 aromatic carbocycles. The lowest BCUT2D eigenvalue weighted by atomic mass is 9.43. The molecule has 2 heteroatoms. The summed E-state index contributed by atoms with van der Waals surface area (Å²) >= 11 is 0. The molecular formula is C21H32O2. The normalized spacial score (nSPS) is 55.7.